The van der Waals surface area contributed by atoms with Crippen molar-refractivity contribution in [2.45, 2.75) is 109 Å². The van der Waals surface area contributed by atoms with Gasteiger partial charge >= 0.3 is 0 Å². The number of fused-ring (bicyclic) bond motifs is 1. The Balaban J connectivity index is 1.83. The van der Waals surface area contributed by atoms with E-state index in [1.54, 1.807) is 30.3 Å². The van der Waals surface area contributed by atoms with Crippen LogP contribution >= 0.6 is 0 Å². The third-order valence-corrected chi connectivity index (χ3v) is 18.3. The highest BCUT2D eigenvalue weighted by molar-refractivity contribution is 6.74. The van der Waals surface area contributed by atoms with E-state index in [1.807, 2.05) is 0 Å². The van der Waals surface area contributed by atoms with E-state index >= 15 is 0 Å². The van der Waals surface area contributed by atoms with Gasteiger partial charge < -0.3 is 18.7 Å². The number of aliphatic hydroxyl groups is 1. The van der Waals surface area contributed by atoms with E-state index in [1.165, 1.54) is 17.8 Å². The maximum atomic E-state index is 13.8. The molecule has 1 fully saturated rings. The first-order valence-corrected chi connectivity index (χ1v) is 21.0. The highest BCUT2D eigenvalue weighted by Gasteiger charge is 2.51. The van der Waals surface area contributed by atoms with Crippen molar-refractivity contribution < 1.29 is 28.3 Å². The van der Waals surface area contributed by atoms with E-state index in [2.05, 4.69) is 83.0 Å². The summed E-state index contributed by atoms with van der Waals surface area (Å²) in [5, 5.41) is 14.0. The fourth-order valence-electron chi connectivity index (χ4n) is 4.53. The molecule has 1 aliphatic rings. The van der Waals surface area contributed by atoms with E-state index in [4.69, 9.17) is 13.6 Å². The Morgan fingerprint density at radius 1 is 1.02 bits per heavy atom. The number of anilines is 1. The molecule has 0 unspecified atom stereocenters. The number of hydrogen-bond donors (Lipinski definition) is 2. The molecule has 14 heteroatoms. The van der Waals surface area contributed by atoms with Crippen LogP contribution < -0.4 is 10.9 Å². The normalized spacial score (nSPS) is 21.3. The van der Waals surface area contributed by atoms with E-state index < -0.39 is 58.5 Å². The molecule has 1 saturated heterocycles. The fourth-order valence-corrected chi connectivity index (χ4v) is 6.83. The number of aromatic nitrogens is 4. The quantitative estimate of drug-likeness (QED) is 0.323. The average molecular weight is 658 g/mol. The van der Waals surface area contributed by atoms with Crippen molar-refractivity contribution in [2.75, 3.05) is 11.9 Å². The van der Waals surface area contributed by atoms with E-state index in [0.29, 0.717) is 0 Å². The molecular formula is C31H47N5O7Si2. The van der Waals surface area contributed by atoms with Crippen molar-refractivity contribution in [1.82, 2.24) is 19.1 Å². The summed E-state index contributed by atoms with van der Waals surface area (Å²) in [6.07, 6.45) is -2.15. The van der Waals surface area contributed by atoms with Gasteiger partial charge in [0.1, 0.15) is 18.3 Å². The molecule has 2 N–H and O–H groups in total. The predicted molar refractivity (Wildman–Crippen MR) is 177 cm³/mol. The van der Waals surface area contributed by atoms with Crippen LogP contribution in [0, 0.1) is 0 Å². The van der Waals surface area contributed by atoms with Gasteiger partial charge in [-0.2, -0.15) is 4.98 Å². The number of ether oxygens (including phenoxy) is 1. The topological polar surface area (TPSA) is 147 Å². The molecule has 0 bridgehead atoms. The number of rotatable bonds is 8. The lowest BCUT2D eigenvalue weighted by Gasteiger charge is -2.40. The maximum absolute atomic E-state index is 13.8. The first kappa shape index (κ1) is 34.8. The lowest BCUT2D eigenvalue weighted by atomic mass is 10.1. The Labute approximate surface area is 266 Å². The number of carbonyl (C=O) groups excluding carboxylic acids is 2. The van der Waals surface area contributed by atoms with Gasteiger partial charge in [0, 0.05) is 12.5 Å². The zero-order valence-electron chi connectivity index (χ0n) is 28.2. The van der Waals surface area contributed by atoms with E-state index in [-0.39, 0.29) is 39.4 Å². The average Bonchev–Trinajstić information content (AvgIpc) is 3.47. The number of imidazole rings is 1. The van der Waals surface area contributed by atoms with Crippen LogP contribution in [0.25, 0.3) is 11.2 Å². The minimum absolute atomic E-state index is 0.0470. The molecule has 12 nitrogen and oxygen atoms in total. The molecule has 0 spiro atoms. The van der Waals surface area contributed by atoms with Crippen LogP contribution in [0.15, 0.2) is 41.5 Å². The molecule has 1 amide bonds. The standard InChI is InChI=1S/C31H47N5O7Si2/c1-19(37)33-29-34-25-22(27(40)36(29)26(39)20-15-13-12-14-16-20)32-18-35(25)28-24(43-45(10,11)31(5,6)7)23(38)21(42-28)17-41-44(8,9)30(2,3)4/h12-16,18,21,23-24,28,38H,17H2,1-11H3,(H,33,34,37)/t21-,23-,24-,28-/m1/s1. The van der Waals surface area contributed by atoms with Crippen LogP contribution in [0.4, 0.5) is 5.95 Å². The summed E-state index contributed by atoms with van der Waals surface area (Å²) >= 11 is 0. The molecule has 3 heterocycles. The molecule has 4 atom stereocenters. The number of nitrogens with zero attached hydrogens (tertiary/aromatic N) is 4. The van der Waals surface area contributed by atoms with Crippen molar-refractivity contribution in [1.29, 1.82) is 0 Å². The molecule has 0 aliphatic carbocycles. The number of aliphatic hydroxyl groups excluding tert-OH is 1. The van der Waals surface area contributed by atoms with Crippen LogP contribution in [-0.4, -0.2) is 77.6 Å². The molecule has 0 radical (unpaired) electrons. The minimum atomic E-state index is -2.45. The first-order valence-electron chi connectivity index (χ1n) is 15.2. The number of hydrogen-bond acceptors (Lipinski definition) is 9. The van der Waals surface area contributed by atoms with Gasteiger partial charge in [-0.3, -0.25) is 24.3 Å². The highest BCUT2D eigenvalue weighted by Crippen LogP contribution is 2.43. The Morgan fingerprint density at radius 3 is 2.18 bits per heavy atom. The molecule has 45 heavy (non-hydrogen) atoms. The Bertz CT molecular complexity index is 1620. The summed E-state index contributed by atoms with van der Waals surface area (Å²) < 4.78 is 22.0. The van der Waals surface area contributed by atoms with Gasteiger partial charge in [-0.05, 0) is 48.4 Å². The molecule has 0 saturated carbocycles. The zero-order valence-corrected chi connectivity index (χ0v) is 30.2. The fraction of sp³-hybridized carbons (Fsp3) is 0.581. The highest BCUT2D eigenvalue weighted by atomic mass is 28.4. The minimum Gasteiger partial charge on any atom is -0.414 e. The SMILES string of the molecule is CC(=O)Nc1nc2c(ncn2[C@@H]2O[C@H](CO[Si](C)(C)C(C)(C)C)[C@@H](O)[C@H]2O[Si](C)(C)C(C)(C)C)c(=O)n1C(=O)c1ccccc1. The largest absolute Gasteiger partial charge is 0.414 e. The van der Waals surface area contributed by atoms with Crippen molar-refractivity contribution in [3.05, 3.63) is 52.6 Å². The van der Waals surface area contributed by atoms with Gasteiger partial charge in [-0.1, -0.05) is 59.7 Å². The summed E-state index contributed by atoms with van der Waals surface area (Å²) in [7, 11) is -4.63. The van der Waals surface area contributed by atoms with Crippen LogP contribution in [0.5, 0.6) is 0 Å². The molecule has 1 aliphatic heterocycles. The smallest absolute Gasteiger partial charge is 0.290 e. The Kier molecular flexibility index (Phi) is 9.53. The second-order valence-electron chi connectivity index (χ2n) is 14.7. The summed E-state index contributed by atoms with van der Waals surface area (Å²) in [6, 6.07) is 8.23. The second kappa shape index (κ2) is 12.3. The Hall–Kier alpha value is -3.02. The molecule has 1 aromatic carbocycles. The monoisotopic (exact) mass is 657 g/mol. The summed E-state index contributed by atoms with van der Waals surface area (Å²) in [5.74, 6) is -1.44. The molecular weight excluding hydrogens is 611 g/mol. The molecule has 2 aromatic heterocycles. The predicted octanol–water partition coefficient (Wildman–Crippen LogP) is 4.91. The first-order chi connectivity index (χ1) is 20.7. The third kappa shape index (κ3) is 6.90. The number of nitrogens with one attached hydrogen (secondary N) is 1. The lowest BCUT2D eigenvalue weighted by Crippen LogP contribution is -2.49. The molecule has 246 valence electrons. The van der Waals surface area contributed by atoms with Gasteiger partial charge in [0.15, 0.2) is 34.0 Å². The van der Waals surface area contributed by atoms with Crippen LogP contribution in [-0.2, 0) is 18.4 Å². The van der Waals surface area contributed by atoms with Crippen molar-refractivity contribution in [3.63, 3.8) is 0 Å². The van der Waals surface area contributed by atoms with Gasteiger partial charge in [0.05, 0.1) is 12.9 Å². The zero-order chi connectivity index (χ0) is 33.7. The molecule has 4 rings (SSSR count). The second-order valence-corrected chi connectivity index (χ2v) is 24.3. The summed E-state index contributed by atoms with van der Waals surface area (Å²) in [6.45, 7) is 22.6. The number of benzene rings is 1. The third-order valence-electron chi connectivity index (χ3n) is 9.35. The van der Waals surface area contributed by atoms with Gasteiger partial charge in [-0.15, -0.1) is 0 Å². The summed E-state index contributed by atoms with van der Waals surface area (Å²) in [5.41, 5.74) is -0.539. The van der Waals surface area contributed by atoms with Crippen LogP contribution in [0.3, 0.4) is 0 Å². The molecule has 3 aromatic rings. The Morgan fingerprint density at radius 2 is 1.62 bits per heavy atom. The van der Waals surface area contributed by atoms with Gasteiger partial charge in [0.2, 0.25) is 11.9 Å². The number of carbonyl (C=O) groups is 2. The van der Waals surface area contributed by atoms with Crippen molar-refractivity contribution >= 4 is 45.6 Å². The summed E-state index contributed by atoms with van der Waals surface area (Å²) in [4.78, 5) is 48.3. The van der Waals surface area contributed by atoms with Crippen molar-refractivity contribution in [3.8, 4) is 0 Å². The maximum Gasteiger partial charge on any atom is 0.290 e. The lowest BCUT2D eigenvalue weighted by molar-refractivity contribution is -0.114. The van der Waals surface area contributed by atoms with E-state index in [9.17, 15) is 19.5 Å². The van der Waals surface area contributed by atoms with E-state index in [0.717, 1.165) is 4.57 Å². The number of amides is 1. The van der Waals surface area contributed by atoms with Crippen molar-refractivity contribution in [2.24, 2.45) is 0 Å². The van der Waals surface area contributed by atoms with Crippen LogP contribution in [0.1, 0.15) is 65.1 Å². The van der Waals surface area contributed by atoms with Gasteiger partial charge in [-0.25, -0.2) is 9.55 Å². The van der Waals surface area contributed by atoms with Gasteiger partial charge in [0.25, 0.3) is 11.5 Å². The van der Waals surface area contributed by atoms with Crippen LogP contribution in [0.2, 0.25) is 36.3 Å².